The summed E-state index contributed by atoms with van der Waals surface area (Å²) >= 11 is 0. The number of aromatic hydroxyl groups is 2. The van der Waals surface area contributed by atoms with E-state index in [2.05, 4.69) is 95.4 Å². The summed E-state index contributed by atoms with van der Waals surface area (Å²) in [4.78, 5) is 0. The van der Waals surface area contributed by atoms with Gasteiger partial charge in [0.2, 0.25) is 0 Å². The summed E-state index contributed by atoms with van der Waals surface area (Å²) in [5.74, 6) is 15.8. The Morgan fingerprint density at radius 2 is 0.848 bits per heavy atom. The highest BCUT2D eigenvalue weighted by atomic mass is 16.5. The van der Waals surface area contributed by atoms with Crippen LogP contribution in [0.4, 0.5) is 0 Å². The highest BCUT2D eigenvalue weighted by Gasteiger charge is 2.27. The van der Waals surface area contributed by atoms with Crippen LogP contribution in [0.15, 0.2) is 48.5 Å². The van der Waals surface area contributed by atoms with Crippen LogP contribution in [0, 0.1) is 91.4 Å². The molecule has 0 heterocycles. The van der Waals surface area contributed by atoms with Crippen LogP contribution >= 0.6 is 0 Å². The molecule has 0 bridgehead atoms. The summed E-state index contributed by atoms with van der Waals surface area (Å²) < 4.78 is 12.6. The normalized spacial score (nSPS) is 10.3. The van der Waals surface area contributed by atoms with Crippen molar-refractivity contribution in [2.45, 2.75) is 81.6 Å². The molecule has 0 amide bonds. The lowest BCUT2D eigenvalue weighted by molar-refractivity contribution is 0.453. The molecule has 0 aliphatic rings. The van der Waals surface area contributed by atoms with Crippen LogP contribution in [0.2, 0.25) is 0 Å². The van der Waals surface area contributed by atoms with E-state index in [1.54, 1.807) is 6.92 Å². The molecule has 0 spiro atoms. The molecule has 0 aliphatic heterocycles. The molecule has 236 valence electrons. The van der Waals surface area contributed by atoms with E-state index in [0.29, 0.717) is 11.5 Å². The van der Waals surface area contributed by atoms with E-state index >= 15 is 0 Å². The van der Waals surface area contributed by atoms with Gasteiger partial charge in [-0.3, -0.25) is 0 Å². The molecule has 0 unspecified atom stereocenters. The SMILES string of the molecule is C#CC#CC#CC.Cc1cc(Oc2c(C)cc(C(C)(C)c3cc(C)c(Oc4cc(C)c(O)c(C)c4)c(C)c3)cc2C)cc(C)c1O. The highest BCUT2D eigenvalue weighted by molar-refractivity contribution is 5.55. The second kappa shape index (κ2) is 14.7. The number of benzene rings is 4. The molecule has 0 saturated carbocycles. The first kappa shape index (κ1) is 35.2. The molecule has 4 aromatic rings. The Labute approximate surface area is 275 Å². The third kappa shape index (κ3) is 8.07. The molecule has 0 fully saturated rings. The van der Waals surface area contributed by atoms with Gasteiger partial charge >= 0.3 is 0 Å². The molecule has 4 aromatic carbocycles. The van der Waals surface area contributed by atoms with Gasteiger partial charge < -0.3 is 19.7 Å². The van der Waals surface area contributed by atoms with Crippen molar-refractivity contribution in [1.29, 1.82) is 0 Å². The predicted molar refractivity (Wildman–Crippen MR) is 189 cm³/mol. The number of hydrogen-bond acceptors (Lipinski definition) is 4. The Hall–Kier alpha value is -5.24. The topological polar surface area (TPSA) is 58.9 Å². The van der Waals surface area contributed by atoms with E-state index in [-0.39, 0.29) is 5.41 Å². The van der Waals surface area contributed by atoms with Crippen molar-refractivity contribution in [1.82, 2.24) is 0 Å². The van der Waals surface area contributed by atoms with Crippen LogP contribution < -0.4 is 9.47 Å². The van der Waals surface area contributed by atoms with Crippen LogP contribution in [0.3, 0.4) is 0 Å². The van der Waals surface area contributed by atoms with Gasteiger partial charge in [-0.25, -0.2) is 0 Å². The zero-order chi connectivity index (χ0) is 34.3. The molecule has 0 aromatic heterocycles. The van der Waals surface area contributed by atoms with Crippen molar-refractivity contribution in [2.24, 2.45) is 0 Å². The van der Waals surface area contributed by atoms with E-state index in [9.17, 15) is 10.2 Å². The van der Waals surface area contributed by atoms with Gasteiger partial charge in [0.1, 0.15) is 34.5 Å². The van der Waals surface area contributed by atoms with Crippen LogP contribution in [-0.2, 0) is 5.41 Å². The van der Waals surface area contributed by atoms with Crippen molar-refractivity contribution >= 4 is 0 Å². The largest absolute Gasteiger partial charge is 0.507 e. The lowest BCUT2D eigenvalue weighted by Gasteiger charge is -2.29. The van der Waals surface area contributed by atoms with Crippen molar-refractivity contribution < 1.29 is 19.7 Å². The maximum absolute atomic E-state index is 10.1. The molecule has 4 heteroatoms. The van der Waals surface area contributed by atoms with Gasteiger partial charge in [0.15, 0.2) is 0 Å². The van der Waals surface area contributed by atoms with E-state index < -0.39 is 0 Å². The van der Waals surface area contributed by atoms with Gasteiger partial charge in [0.05, 0.1) is 0 Å². The number of phenols is 2. The van der Waals surface area contributed by atoms with Crippen LogP contribution in [-0.4, -0.2) is 10.2 Å². The molecule has 0 aliphatic carbocycles. The molecular weight excluding hydrogens is 568 g/mol. The number of terminal acetylenes is 1. The summed E-state index contributed by atoms with van der Waals surface area (Å²) in [6, 6.07) is 16.3. The van der Waals surface area contributed by atoms with Crippen molar-refractivity contribution in [3.63, 3.8) is 0 Å². The number of hydrogen-bond donors (Lipinski definition) is 2. The van der Waals surface area contributed by atoms with Crippen LogP contribution in [0.1, 0.15) is 76.4 Å². The van der Waals surface area contributed by atoms with E-state index in [4.69, 9.17) is 15.9 Å². The fraction of sp³-hybridized carbons (Fsp3) is 0.286. The molecule has 2 N–H and O–H groups in total. The Balaban J connectivity index is 0.000000738. The van der Waals surface area contributed by atoms with Crippen molar-refractivity contribution in [2.75, 3.05) is 0 Å². The minimum Gasteiger partial charge on any atom is -0.507 e. The van der Waals surface area contributed by atoms with Crippen LogP contribution in [0.25, 0.3) is 0 Å². The zero-order valence-electron chi connectivity index (χ0n) is 28.9. The van der Waals surface area contributed by atoms with Gasteiger partial charge in [-0.05, 0) is 166 Å². The average molecular weight is 613 g/mol. The van der Waals surface area contributed by atoms with Gasteiger partial charge in [0.25, 0.3) is 0 Å². The maximum Gasteiger partial charge on any atom is 0.133 e. The van der Waals surface area contributed by atoms with Gasteiger partial charge in [-0.1, -0.05) is 44.0 Å². The zero-order valence-corrected chi connectivity index (χ0v) is 28.9. The molecule has 0 saturated heterocycles. The van der Waals surface area contributed by atoms with Gasteiger partial charge in [0, 0.05) is 5.41 Å². The second-order valence-electron chi connectivity index (χ2n) is 12.3. The minimum atomic E-state index is -0.250. The van der Waals surface area contributed by atoms with E-state index in [1.165, 1.54) is 11.1 Å². The number of rotatable bonds is 6. The lowest BCUT2D eigenvalue weighted by Crippen LogP contribution is -2.20. The minimum absolute atomic E-state index is 0.250. The maximum atomic E-state index is 10.1. The Bertz CT molecular complexity index is 1740. The molecule has 46 heavy (non-hydrogen) atoms. The fourth-order valence-corrected chi connectivity index (χ4v) is 5.43. The monoisotopic (exact) mass is 612 g/mol. The summed E-state index contributed by atoms with van der Waals surface area (Å²) in [7, 11) is 0. The van der Waals surface area contributed by atoms with Gasteiger partial charge in [-0.2, -0.15) is 0 Å². The van der Waals surface area contributed by atoms with Crippen molar-refractivity contribution in [3.8, 4) is 70.5 Å². The second-order valence-corrected chi connectivity index (χ2v) is 12.3. The number of phenolic OH excluding ortho intramolecular Hbond substituents is 2. The lowest BCUT2D eigenvalue weighted by atomic mass is 9.76. The Morgan fingerprint density at radius 1 is 0.522 bits per heavy atom. The number of ether oxygens (including phenoxy) is 2. The molecule has 4 rings (SSSR count). The Morgan fingerprint density at radius 3 is 1.13 bits per heavy atom. The highest BCUT2D eigenvalue weighted by Crippen LogP contribution is 2.41. The standard InChI is InChI=1S/C35H40O4.C7H4/c1-19-15-29(16-20(2)31(19)36)38-33-23(5)11-27(12-24(33)6)35(9,10)28-13-25(7)34(26(8)14-28)39-30-17-21(3)32(37)22(4)18-30;1-3-5-7-6-4-2/h11-18,36-37H,1-10H3;1H,2H3. The first-order valence-electron chi connectivity index (χ1n) is 15.2. The first-order chi connectivity index (χ1) is 21.6. The molecule has 0 atom stereocenters. The average Bonchev–Trinajstić information content (AvgIpc) is 2.98. The fourth-order valence-electron chi connectivity index (χ4n) is 5.43. The summed E-state index contributed by atoms with van der Waals surface area (Å²) in [5, 5.41) is 20.3. The van der Waals surface area contributed by atoms with E-state index in [0.717, 1.165) is 67.5 Å². The molecule has 0 radical (unpaired) electrons. The summed E-state index contributed by atoms with van der Waals surface area (Å²) in [6.07, 6.45) is 4.78. The summed E-state index contributed by atoms with van der Waals surface area (Å²) in [6.45, 7) is 22.1. The molecule has 4 nitrogen and oxygen atoms in total. The predicted octanol–water partition coefficient (Wildman–Crippen LogP) is 10.1. The quantitative estimate of drug-likeness (QED) is 0.213. The smallest absolute Gasteiger partial charge is 0.133 e. The van der Waals surface area contributed by atoms with Gasteiger partial charge in [-0.15, -0.1) is 6.42 Å². The number of aryl methyl sites for hydroxylation is 8. The Kier molecular flexibility index (Phi) is 11.3. The third-order valence-electron chi connectivity index (χ3n) is 8.06. The molecular formula is C42H44O4. The first-order valence-corrected chi connectivity index (χ1v) is 15.2. The summed E-state index contributed by atoms with van der Waals surface area (Å²) in [5.41, 5.74) is 9.61. The van der Waals surface area contributed by atoms with Crippen LogP contribution in [0.5, 0.6) is 34.5 Å². The van der Waals surface area contributed by atoms with E-state index in [1.807, 2.05) is 52.0 Å². The van der Waals surface area contributed by atoms with Crippen molar-refractivity contribution in [3.05, 3.63) is 104 Å². The third-order valence-corrected chi connectivity index (χ3v) is 8.06.